The number of carboxylic acids is 1. The number of carbonyl (C=O) groups excluding carboxylic acids is 1. The third-order valence-electron chi connectivity index (χ3n) is 3.41. The lowest BCUT2D eigenvalue weighted by Crippen LogP contribution is -2.36. The van der Waals surface area contributed by atoms with Crippen molar-refractivity contribution in [2.45, 2.75) is 25.7 Å². The van der Waals surface area contributed by atoms with Gasteiger partial charge < -0.3 is 15.3 Å². The van der Waals surface area contributed by atoms with Crippen molar-refractivity contribution in [2.24, 2.45) is 0 Å². The van der Waals surface area contributed by atoms with Gasteiger partial charge in [0, 0.05) is 18.1 Å². The topological polar surface area (TPSA) is 69.6 Å². The van der Waals surface area contributed by atoms with Crippen LogP contribution in [-0.4, -0.2) is 35.1 Å². The van der Waals surface area contributed by atoms with E-state index in [9.17, 15) is 14.7 Å². The molecular weight excluding hydrogens is 315 g/mol. The van der Waals surface area contributed by atoms with E-state index in [1.807, 2.05) is 0 Å². The number of nitrogens with one attached hydrogen (secondary N) is 1. The Morgan fingerprint density at radius 1 is 1.10 bits per heavy atom. The average Bonchev–Trinajstić information content (AvgIpc) is 2.70. The minimum absolute atomic E-state index is 0.0859. The number of halogens is 2. The molecule has 114 valence electrons. The Hall–Kier alpha value is -1.46. The van der Waals surface area contributed by atoms with Crippen LogP contribution in [0.3, 0.4) is 0 Å². The van der Waals surface area contributed by atoms with Crippen molar-refractivity contribution in [1.29, 1.82) is 0 Å². The first-order valence-corrected chi connectivity index (χ1v) is 7.53. The number of rotatable bonds is 2. The molecule has 0 aliphatic carbocycles. The summed E-state index contributed by atoms with van der Waals surface area (Å²) in [4.78, 5) is 25.2. The van der Waals surface area contributed by atoms with Crippen LogP contribution in [0.4, 0.5) is 10.5 Å². The van der Waals surface area contributed by atoms with E-state index in [2.05, 4.69) is 5.32 Å². The largest absolute Gasteiger partial charge is 0.478 e. The normalized spacial score (nSPS) is 15.4. The van der Waals surface area contributed by atoms with Crippen LogP contribution in [0, 0.1) is 0 Å². The van der Waals surface area contributed by atoms with E-state index < -0.39 is 5.97 Å². The smallest absolute Gasteiger partial charge is 0.337 e. The van der Waals surface area contributed by atoms with E-state index in [1.165, 1.54) is 12.1 Å². The fourth-order valence-electron chi connectivity index (χ4n) is 2.33. The third kappa shape index (κ3) is 4.02. The second-order valence-corrected chi connectivity index (χ2v) is 5.79. The van der Waals surface area contributed by atoms with Crippen LogP contribution in [0.1, 0.15) is 36.0 Å². The van der Waals surface area contributed by atoms with Crippen molar-refractivity contribution >= 4 is 40.9 Å². The van der Waals surface area contributed by atoms with Crippen LogP contribution in [0.5, 0.6) is 0 Å². The summed E-state index contributed by atoms with van der Waals surface area (Å²) in [5.74, 6) is -1.19. The van der Waals surface area contributed by atoms with Crippen LogP contribution >= 0.6 is 23.2 Å². The standard InChI is InChI=1S/C14H16Cl2N2O3/c15-9-7-10(13(19)20)12(11(16)8-9)17-14(21)18-5-3-1-2-4-6-18/h7-8H,1-6H2,(H,17,21)(H,19,20). The lowest BCUT2D eigenvalue weighted by atomic mass is 10.2. The molecule has 0 unspecified atom stereocenters. The van der Waals surface area contributed by atoms with Gasteiger partial charge in [-0.25, -0.2) is 9.59 Å². The van der Waals surface area contributed by atoms with E-state index in [0.29, 0.717) is 13.1 Å². The Bertz CT molecular complexity index is 555. The number of hydrogen-bond acceptors (Lipinski definition) is 2. The molecular formula is C14H16Cl2N2O3. The monoisotopic (exact) mass is 330 g/mol. The number of likely N-dealkylation sites (tertiary alicyclic amines) is 1. The molecule has 7 heteroatoms. The lowest BCUT2D eigenvalue weighted by molar-refractivity contribution is 0.0698. The minimum atomic E-state index is -1.19. The van der Waals surface area contributed by atoms with Crippen LogP contribution in [0.15, 0.2) is 12.1 Å². The van der Waals surface area contributed by atoms with Crippen molar-refractivity contribution in [3.05, 3.63) is 27.7 Å². The van der Waals surface area contributed by atoms with Gasteiger partial charge in [-0.3, -0.25) is 0 Å². The molecule has 2 rings (SSSR count). The Morgan fingerprint density at radius 2 is 1.71 bits per heavy atom. The number of carboxylic acid groups (broad SMARTS) is 1. The number of amides is 2. The summed E-state index contributed by atoms with van der Waals surface area (Å²) in [6.07, 6.45) is 4.11. The van der Waals surface area contributed by atoms with Crippen LogP contribution in [0.25, 0.3) is 0 Å². The molecule has 0 saturated carbocycles. The van der Waals surface area contributed by atoms with Gasteiger partial charge in [0.2, 0.25) is 0 Å². The van der Waals surface area contributed by atoms with Crippen molar-refractivity contribution in [3.63, 3.8) is 0 Å². The SMILES string of the molecule is O=C(O)c1cc(Cl)cc(Cl)c1NC(=O)N1CCCCCC1. The van der Waals surface area contributed by atoms with Gasteiger partial charge in [0.15, 0.2) is 0 Å². The molecule has 1 aromatic carbocycles. The van der Waals surface area contributed by atoms with E-state index in [4.69, 9.17) is 23.2 Å². The molecule has 1 heterocycles. The number of hydrogen-bond donors (Lipinski definition) is 2. The maximum absolute atomic E-state index is 12.3. The second kappa shape index (κ2) is 7.00. The molecule has 2 amide bonds. The van der Waals surface area contributed by atoms with Gasteiger partial charge in [-0.2, -0.15) is 0 Å². The summed E-state index contributed by atoms with van der Waals surface area (Å²) >= 11 is 11.8. The molecule has 0 atom stereocenters. The maximum Gasteiger partial charge on any atom is 0.337 e. The predicted molar refractivity (Wildman–Crippen MR) is 82.5 cm³/mol. The molecule has 0 bridgehead atoms. The molecule has 5 nitrogen and oxygen atoms in total. The first-order valence-electron chi connectivity index (χ1n) is 6.77. The zero-order chi connectivity index (χ0) is 15.4. The summed E-state index contributed by atoms with van der Waals surface area (Å²) in [6.45, 7) is 1.33. The molecule has 0 radical (unpaired) electrons. The van der Waals surface area contributed by atoms with Gasteiger partial charge in [-0.15, -0.1) is 0 Å². The minimum Gasteiger partial charge on any atom is -0.478 e. The van der Waals surface area contributed by atoms with Crippen LogP contribution in [0.2, 0.25) is 10.0 Å². The summed E-state index contributed by atoms with van der Waals surface area (Å²) in [7, 11) is 0. The first-order chi connectivity index (χ1) is 9.99. The number of benzene rings is 1. The predicted octanol–water partition coefficient (Wildman–Crippen LogP) is 4.10. The van der Waals surface area contributed by atoms with Gasteiger partial charge in [-0.05, 0) is 25.0 Å². The van der Waals surface area contributed by atoms with E-state index in [1.54, 1.807) is 4.90 Å². The highest BCUT2D eigenvalue weighted by atomic mass is 35.5. The lowest BCUT2D eigenvalue weighted by Gasteiger charge is -2.22. The molecule has 1 aromatic rings. The first kappa shape index (κ1) is 15.9. The van der Waals surface area contributed by atoms with Crippen molar-refractivity contribution in [3.8, 4) is 0 Å². The zero-order valence-corrected chi connectivity index (χ0v) is 12.9. The highest BCUT2D eigenvalue weighted by Gasteiger charge is 2.21. The molecule has 1 fully saturated rings. The maximum atomic E-state index is 12.3. The molecule has 1 saturated heterocycles. The van der Waals surface area contributed by atoms with E-state index >= 15 is 0 Å². The van der Waals surface area contributed by atoms with Gasteiger partial charge >= 0.3 is 12.0 Å². The van der Waals surface area contributed by atoms with E-state index in [-0.39, 0.29) is 27.3 Å². The van der Waals surface area contributed by atoms with E-state index in [0.717, 1.165) is 25.7 Å². The number of anilines is 1. The van der Waals surface area contributed by atoms with Crippen molar-refractivity contribution < 1.29 is 14.7 Å². The zero-order valence-electron chi connectivity index (χ0n) is 11.4. The number of carbonyl (C=O) groups is 2. The highest BCUT2D eigenvalue weighted by Crippen LogP contribution is 2.30. The fourth-order valence-corrected chi connectivity index (χ4v) is 2.87. The third-order valence-corrected chi connectivity index (χ3v) is 3.93. The molecule has 2 N–H and O–H groups in total. The Labute approximate surface area is 132 Å². The highest BCUT2D eigenvalue weighted by molar-refractivity contribution is 6.37. The Kier molecular flexibility index (Phi) is 5.31. The Morgan fingerprint density at radius 3 is 2.29 bits per heavy atom. The number of urea groups is 1. The number of aromatic carboxylic acids is 1. The Balaban J connectivity index is 2.22. The molecule has 1 aliphatic heterocycles. The van der Waals surface area contributed by atoms with Gasteiger partial charge in [0.25, 0.3) is 0 Å². The fraction of sp³-hybridized carbons (Fsp3) is 0.429. The average molecular weight is 331 g/mol. The van der Waals surface area contributed by atoms with Crippen molar-refractivity contribution in [1.82, 2.24) is 4.90 Å². The van der Waals surface area contributed by atoms with Crippen molar-refractivity contribution in [2.75, 3.05) is 18.4 Å². The van der Waals surface area contributed by atoms with Gasteiger partial charge in [0.1, 0.15) is 0 Å². The van der Waals surface area contributed by atoms with Crippen LogP contribution in [-0.2, 0) is 0 Å². The molecule has 0 spiro atoms. The molecule has 21 heavy (non-hydrogen) atoms. The van der Waals surface area contributed by atoms with Gasteiger partial charge in [0.05, 0.1) is 16.3 Å². The summed E-state index contributed by atoms with van der Waals surface area (Å²) in [6, 6.07) is 2.35. The van der Waals surface area contributed by atoms with Crippen LogP contribution < -0.4 is 5.32 Å². The molecule has 0 aromatic heterocycles. The van der Waals surface area contributed by atoms with Gasteiger partial charge in [-0.1, -0.05) is 36.0 Å². The number of nitrogens with zero attached hydrogens (tertiary/aromatic N) is 1. The quantitative estimate of drug-likeness (QED) is 0.857. The summed E-state index contributed by atoms with van der Waals surface area (Å²) in [5.41, 5.74) is -0.0292. The second-order valence-electron chi connectivity index (χ2n) is 4.95. The molecule has 1 aliphatic rings. The summed E-state index contributed by atoms with van der Waals surface area (Å²) < 4.78 is 0. The summed E-state index contributed by atoms with van der Waals surface area (Å²) in [5, 5.41) is 12.1.